The Bertz CT molecular complexity index is 343. The van der Waals surface area contributed by atoms with Crippen LogP contribution in [0.4, 0.5) is 0 Å². The fourth-order valence-corrected chi connectivity index (χ4v) is 1.15. The van der Waals surface area contributed by atoms with Crippen molar-refractivity contribution in [3.05, 3.63) is 27.9 Å². The van der Waals surface area contributed by atoms with Gasteiger partial charge in [-0.05, 0) is 12.5 Å². The molecule has 0 unspecified atom stereocenters. The van der Waals surface area contributed by atoms with E-state index in [1.165, 1.54) is 0 Å². The molecule has 78 valence electrons. The Morgan fingerprint density at radius 1 is 1.57 bits per heavy atom. The van der Waals surface area contributed by atoms with Crippen LogP contribution < -0.4 is 10.9 Å². The van der Waals surface area contributed by atoms with Gasteiger partial charge in [-0.2, -0.15) is 0 Å². The molecule has 0 saturated heterocycles. The predicted octanol–water partition coefficient (Wildman–Crippen LogP) is 1.00. The first kappa shape index (κ1) is 10.9. The molecule has 0 aliphatic heterocycles. The molecule has 0 radical (unpaired) electrons. The van der Waals surface area contributed by atoms with Gasteiger partial charge in [0.25, 0.3) is 5.56 Å². The van der Waals surface area contributed by atoms with Gasteiger partial charge in [-0.1, -0.05) is 20.8 Å². The lowest BCUT2D eigenvalue weighted by atomic mass is 10.1. The summed E-state index contributed by atoms with van der Waals surface area (Å²) in [7, 11) is 0. The summed E-state index contributed by atoms with van der Waals surface area (Å²) in [6.07, 6.45) is 0. The van der Waals surface area contributed by atoms with E-state index in [0.717, 1.165) is 12.2 Å². The van der Waals surface area contributed by atoms with Crippen LogP contribution in [0.1, 0.15) is 38.2 Å². The molecule has 14 heavy (non-hydrogen) atoms. The predicted molar refractivity (Wildman–Crippen MR) is 56.3 cm³/mol. The average molecular weight is 195 g/mol. The van der Waals surface area contributed by atoms with Gasteiger partial charge < -0.3 is 10.3 Å². The standard InChI is InChI=1S/C10H17N3O/c1-4-11-6-9-12-8(7(2)3)5-10(14)13-9/h5,7,11H,4,6H2,1-3H3,(H,12,13,14). The number of hydrogen-bond donors (Lipinski definition) is 2. The molecule has 0 atom stereocenters. The summed E-state index contributed by atoms with van der Waals surface area (Å²) in [4.78, 5) is 18.3. The first-order valence-electron chi connectivity index (χ1n) is 4.94. The van der Waals surface area contributed by atoms with Crippen LogP contribution >= 0.6 is 0 Å². The zero-order valence-corrected chi connectivity index (χ0v) is 8.92. The second kappa shape index (κ2) is 4.91. The molecule has 1 rings (SSSR count). The van der Waals surface area contributed by atoms with Crippen molar-refractivity contribution >= 4 is 0 Å². The van der Waals surface area contributed by atoms with Crippen LogP contribution in [-0.2, 0) is 6.54 Å². The van der Waals surface area contributed by atoms with E-state index in [-0.39, 0.29) is 11.5 Å². The third kappa shape index (κ3) is 2.96. The Kier molecular flexibility index (Phi) is 3.83. The van der Waals surface area contributed by atoms with Crippen LogP contribution in [0.25, 0.3) is 0 Å². The number of hydrogen-bond acceptors (Lipinski definition) is 3. The van der Waals surface area contributed by atoms with E-state index in [1.807, 2.05) is 20.8 Å². The number of rotatable bonds is 4. The molecule has 0 bridgehead atoms. The highest BCUT2D eigenvalue weighted by Gasteiger charge is 2.04. The fourth-order valence-electron chi connectivity index (χ4n) is 1.15. The number of aromatic nitrogens is 2. The van der Waals surface area contributed by atoms with E-state index in [1.54, 1.807) is 6.07 Å². The quantitative estimate of drug-likeness (QED) is 0.753. The van der Waals surface area contributed by atoms with Gasteiger partial charge in [0.1, 0.15) is 5.82 Å². The van der Waals surface area contributed by atoms with Crippen molar-refractivity contribution in [2.24, 2.45) is 0 Å². The summed E-state index contributed by atoms with van der Waals surface area (Å²) in [5.74, 6) is 1.00. The minimum Gasteiger partial charge on any atom is -0.310 e. The van der Waals surface area contributed by atoms with Gasteiger partial charge in [-0.15, -0.1) is 0 Å². The molecule has 1 aromatic rings. The van der Waals surface area contributed by atoms with Crippen LogP contribution in [0.3, 0.4) is 0 Å². The van der Waals surface area contributed by atoms with Crippen molar-refractivity contribution in [3.63, 3.8) is 0 Å². The van der Waals surface area contributed by atoms with Gasteiger partial charge in [-0.25, -0.2) is 4.98 Å². The van der Waals surface area contributed by atoms with E-state index < -0.39 is 0 Å². The third-order valence-electron chi connectivity index (χ3n) is 1.94. The minimum atomic E-state index is -0.0726. The van der Waals surface area contributed by atoms with Gasteiger partial charge in [0.15, 0.2) is 0 Å². The lowest BCUT2D eigenvalue weighted by Crippen LogP contribution is -2.20. The summed E-state index contributed by atoms with van der Waals surface area (Å²) >= 11 is 0. The van der Waals surface area contributed by atoms with Crippen LogP contribution in [0.2, 0.25) is 0 Å². The average Bonchev–Trinajstić information content (AvgIpc) is 2.14. The van der Waals surface area contributed by atoms with Crippen molar-refractivity contribution in [2.45, 2.75) is 33.2 Å². The SMILES string of the molecule is CCNCc1nc(C(C)C)cc(=O)[nH]1. The van der Waals surface area contributed by atoms with E-state index in [9.17, 15) is 4.79 Å². The molecular formula is C10H17N3O. The molecule has 0 aliphatic rings. The Morgan fingerprint density at radius 3 is 2.86 bits per heavy atom. The maximum absolute atomic E-state index is 11.3. The molecule has 0 aliphatic carbocycles. The summed E-state index contributed by atoms with van der Waals surface area (Å²) < 4.78 is 0. The number of nitrogens with zero attached hydrogens (tertiary/aromatic N) is 1. The van der Waals surface area contributed by atoms with E-state index in [0.29, 0.717) is 12.4 Å². The molecule has 1 aromatic heterocycles. The summed E-state index contributed by atoms with van der Waals surface area (Å²) in [5, 5.41) is 3.13. The van der Waals surface area contributed by atoms with Gasteiger partial charge in [-0.3, -0.25) is 4.79 Å². The third-order valence-corrected chi connectivity index (χ3v) is 1.94. The van der Waals surface area contributed by atoms with E-state index in [2.05, 4.69) is 15.3 Å². The van der Waals surface area contributed by atoms with Crippen LogP contribution in [0, 0.1) is 0 Å². The minimum absolute atomic E-state index is 0.0726. The fraction of sp³-hybridized carbons (Fsp3) is 0.600. The first-order valence-corrected chi connectivity index (χ1v) is 4.94. The number of nitrogens with one attached hydrogen (secondary N) is 2. The zero-order chi connectivity index (χ0) is 10.6. The highest BCUT2D eigenvalue weighted by atomic mass is 16.1. The maximum atomic E-state index is 11.3. The smallest absolute Gasteiger partial charge is 0.251 e. The molecule has 4 heteroatoms. The van der Waals surface area contributed by atoms with Crippen molar-refractivity contribution in [1.29, 1.82) is 0 Å². The Balaban J connectivity index is 2.90. The maximum Gasteiger partial charge on any atom is 0.251 e. The normalized spacial score (nSPS) is 10.9. The van der Waals surface area contributed by atoms with E-state index >= 15 is 0 Å². The molecule has 0 aromatic carbocycles. The Hall–Kier alpha value is -1.16. The highest BCUT2D eigenvalue weighted by molar-refractivity contribution is 5.06. The number of H-pyrrole nitrogens is 1. The highest BCUT2D eigenvalue weighted by Crippen LogP contribution is 2.07. The van der Waals surface area contributed by atoms with Crippen molar-refractivity contribution in [3.8, 4) is 0 Å². The molecule has 0 saturated carbocycles. The molecule has 2 N–H and O–H groups in total. The van der Waals surface area contributed by atoms with Gasteiger partial charge in [0.2, 0.25) is 0 Å². The van der Waals surface area contributed by atoms with Crippen molar-refractivity contribution in [2.75, 3.05) is 6.54 Å². The molecule has 0 amide bonds. The van der Waals surface area contributed by atoms with Gasteiger partial charge >= 0.3 is 0 Å². The molecule has 4 nitrogen and oxygen atoms in total. The summed E-state index contributed by atoms with van der Waals surface area (Å²) in [5.41, 5.74) is 0.776. The summed E-state index contributed by atoms with van der Waals surface area (Å²) in [6.45, 7) is 7.56. The lowest BCUT2D eigenvalue weighted by molar-refractivity contribution is 0.672. The largest absolute Gasteiger partial charge is 0.310 e. The van der Waals surface area contributed by atoms with Crippen LogP contribution in [0.5, 0.6) is 0 Å². The monoisotopic (exact) mass is 195 g/mol. The zero-order valence-electron chi connectivity index (χ0n) is 8.92. The van der Waals surface area contributed by atoms with Crippen molar-refractivity contribution < 1.29 is 0 Å². The Morgan fingerprint density at radius 2 is 2.29 bits per heavy atom. The Labute approximate surface area is 83.8 Å². The van der Waals surface area contributed by atoms with Crippen LogP contribution in [0.15, 0.2) is 10.9 Å². The van der Waals surface area contributed by atoms with E-state index in [4.69, 9.17) is 0 Å². The number of aromatic amines is 1. The van der Waals surface area contributed by atoms with Gasteiger partial charge in [0, 0.05) is 6.07 Å². The van der Waals surface area contributed by atoms with Crippen molar-refractivity contribution in [1.82, 2.24) is 15.3 Å². The van der Waals surface area contributed by atoms with Crippen LogP contribution in [-0.4, -0.2) is 16.5 Å². The first-order chi connectivity index (χ1) is 6.63. The lowest BCUT2D eigenvalue weighted by Gasteiger charge is -2.06. The molecule has 0 fully saturated rings. The topological polar surface area (TPSA) is 57.8 Å². The molecular weight excluding hydrogens is 178 g/mol. The second-order valence-electron chi connectivity index (χ2n) is 3.55. The molecule has 0 spiro atoms. The molecule has 1 heterocycles. The second-order valence-corrected chi connectivity index (χ2v) is 3.55. The summed E-state index contributed by atoms with van der Waals surface area (Å²) in [6, 6.07) is 1.56. The van der Waals surface area contributed by atoms with Gasteiger partial charge in [0.05, 0.1) is 12.2 Å².